The minimum absolute atomic E-state index is 0.160. The first-order valence-electron chi connectivity index (χ1n) is 6.37. The molecule has 0 fully saturated rings. The van der Waals surface area contributed by atoms with Crippen LogP contribution >= 0.6 is 11.8 Å². The van der Waals surface area contributed by atoms with E-state index in [1.54, 1.807) is 10.9 Å². The number of hydrogen-bond donors (Lipinski definition) is 1. The minimum atomic E-state index is -0.455. The van der Waals surface area contributed by atoms with E-state index in [4.69, 9.17) is 5.73 Å². The Bertz CT molecular complexity index is 586. The first-order valence-corrected chi connectivity index (χ1v) is 7.25. The quantitative estimate of drug-likeness (QED) is 0.861. The van der Waals surface area contributed by atoms with Gasteiger partial charge in [0.25, 0.3) is 0 Å². The van der Waals surface area contributed by atoms with Gasteiger partial charge in [-0.3, -0.25) is 4.68 Å². The van der Waals surface area contributed by atoms with Gasteiger partial charge in [-0.05, 0) is 24.6 Å². The number of rotatable bonds is 5. The maximum Gasteiger partial charge on any atom is 0.136 e. The lowest BCUT2D eigenvalue weighted by molar-refractivity contribution is 0.574. The fourth-order valence-corrected chi connectivity index (χ4v) is 3.17. The summed E-state index contributed by atoms with van der Waals surface area (Å²) in [5.41, 5.74) is 7.03. The molecule has 1 aromatic carbocycles. The Morgan fingerprint density at radius 3 is 2.75 bits per heavy atom. The number of hydrogen-bond acceptors (Lipinski definition) is 3. The van der Waals surface area contributed by atoms with E-state index in [0.29, 0.717) is 0 Å². The van der Waals surface area contributed by atoms with Gasteiger partial charge >= 0.3 is 0 Å². The summed E-state index contributed by atoms with van der Waals surface area (Å²) in [4.78, 5) is 0.266. The van der Waals surface area contributed by atoms with Crippen molar-refractivity contribution in [2.75, 3.05) is 0 Å². The highest BCUT2D eigenvalue weighted by Crippen LogP contribution is 2.39. The molecule has 0 aliphatic carbocycles. The van der Waals surface area contributed by atoms with Crippen molar-refractivity contribution in [2.24, 2.45) is 12.8 Å². The molecular weight excluding hydrogens is 280 g/mol. The third kappa shape index (κ3) is 3.37. The van der Waals surface area contributed by atoms with Gasteiger partial charge in [-0.1, -0.05) is 6.92 Å². The van der Waals surface area contributed by atoms with Gasteiger partial charge in [-0.25, -0.2) is 8.78 Å². The zero-order valence-corrected chi connectivity index (χ0v) is 12.2. The molecule has 0 bridgehead atoms. The molecule has 2 rings (SSSR count). The number of thioether (sulfide) groups is 1. The molecule has 2 unspecified atom stereocenters. The smallest absolute Gasteiger partial charge is 0.136 e. The molecule has 0 aliphatic rings. The van der Waals surface area contributed by atoms with E-state index in [1.165, 1.54) is 17.8 Å². The van der Waals surface area contributed by atoms with E-state index >= 15 is 0 Å². The van der Waals surface area contributed by atoms with Crippen LogP contribution in [0.4, 0.5) is 8.78 Å². The largest absolute Gasteiger partial charge is 0.326 e. The summed E-state index contributed by atoms with van der Waals surface area (Å²) >= 11 is 1.24. The molecule has 108 valence electrons. The molecule has 0 spiro atoms. The maximum absolute atomic E-state index is 13.8. The highest BCUT2D eigenvalue weighted by Gasteiger charge is 2.23. The van der Waals surface area contributed by atoms with Crippen LogP contribution in [0.3, 0.4) is 0 Å². The molecule has 2 N–H and O–H groups in total. The number of aryl methyl sites for hydroxylation is 1. The highest BCUT2D eigenvalue weighted by molar-refractivity contribution is 7.99. The van der Waals surface area contributed by atoms with Crippen LogP contribution in [0.5, 0.6) is 0 Å². The van der Waals surface area contributed by atoms with Crippen molar-refractivity contribution < 1.29 is 8.78 Å². The predicted octanol–water partition coefficient (Wildman–Crippen LogP) is 3.27. The summed E-state index contributed by atoms with van der Waals surface area (Å²) < 4.78 is 28.7. The SMILES string of the molecule is CCC(N)C(Sc1cc(F)ccc1F)c1cnn(C)c1. The third-order valence-electron chi connectivity index (χ3n) is 3.06. The summed E-state index contributed by atoms with van der Waals surface area (Å²) in [6.45, 7) is 1.97. The lowest BCUT2D eigenvalue weighted by Crippen LogP contribution is -2.25. The van der Waals surface area contributed by atoms with Crippen molar-refractivity contribution in [3.05, 3.63) is 47.8 Å². The topological polar surface area (TPSA) is 43.8 Å². The zero-order valence-electron chi connectivity index (χ0n) is 11.4. The third-order valence-corrected chi connectivity index (χ3v) is 4.50. The van der Waals surface area contributed by atoms with E-state index < -0.39 is 11.6 Å². The Hall–Kier alpha value is -1.40. The minimum Gasteiger partial charge on any atom is -0.326 e. The van der Waals surface area contributed by atoms with Crippen LogP contribution in [0, 0.1) is 11.6 Å². The van der Waals surface area contributed by atoms with Crippen LogP contribution in [0.25, 0.3) is 0 Å². The summed E-state index contributed by atoms with van der Waals surface area (Å²) in [7, 11) is 1.81. The molecule has 0 radical (unpaired) electrons. The monoisotopic (exact) mass is 297 g/mol. The number of nitrogens with two attached hydrogens (primary N) is 1. The average molecular weight is 297 g/mol. The molecule has 2 atom stereocenters. The Balaban J connectivity index is 2.30. The van der Waals surface area contributed by atoms with Crippen LogP contribution in [0.15, 0.2) is 35.5 Å². The predicted molar refractivity (Wildman–Crippen MR) is 76.4 cm³/mol. The number of benzene rings is 1. The van der Waals surface area contributed by atoms with Gasteiger partial charge in [0.1, 0.15) is 11.6 Å². The van der Waals surface area contributed by atoms with Crippen LogP contribution in [-0.2, 0) is 7.05 Å². The second kappa shape index (κ2) is 6.37. The molecule has 0 amide bonds. The number of halogens is 2. The highest BCUT2D eigenvalue weighted by atomic mass is 32.2. The van der Waals surface area contributed by atoms with Gasteiger partial charge in [0.15, 0.2) is 0 Å². The van der Waals surface area contributed by atoms with Crippen molar-refractivity contribution in [1.29, 1.82) is 0 Å². The molecule has 0 saturated heterocycles. The van der Waals surface area contributed by atoms with Crippen molar-refractivity contribution in [1.82, 2.24) is 9.78 Å². The molecular formula is C14H17F2N3S. The van der Waals surface area contributed by atoms with E-state index in [1.807, 2.05) is 20.2 Å². The number of nitrogens with zero attached hydrogens (tertiary/aromatic N) is 2. The molecule has 1 heterocycles. The van der Waals surface area contributed by atoms with Crippen LogP contribution < -0.4 is 5.73 Å². The van der Waals surface area contributed by atoms with Crippen molar-refractivity contribution >= 4 is 11.8 Å². The lowest BCUT2D eigenvalue weighted by Gasteiger charge is -2.21. The van der Waals surface area contributed by atoms with Crippen molar-refractivity contribution in [3.8, 4) is 0 Å². The normalized spacial score (nSPS) is 14.2. The molecule has 1 aromatic heterocycles. The van der Waals surface area contributed by atoms with Gasteiger partial charge in [0.05, 0.1) is 11.4 Å². The summed E-state index contributed by atoms with van der Waals surface area (Å²) in [6.07, 6.45) is 4.30. The van der Waals surface area contributed by atoms with Crippen molar-refractivity contribution in [2.45, 2.75) is 29.5 Å². The second-order valence-corrected chi connectivity index (χ2v) is 5.82. The van der Waals surface area contributed by atoms with Gasteiger partial charge < -0.3 is 5.73 Å². The van der Waals surface area contributed by atoms with Gasteiger partial charge in [-0.15, -0.1) is 11.8 Å². The van der Waals surface area contributed by atoms with E-state index in [-0.39, 0.29) is 16.2 Å². The van der Waals surface area contributed by atoms with E-state index in [2.05, 4.69) is 5.10 Å². The lowest BCUT2D eigenvalue weighted by atomic mass is 10.1. The van der Waals surface area contributed by atoms with Crippen molar-refractivity contribution in [3.63, 3.8) is 0 Å². The Morgan fingerprint density at radius 1 is 1.40 bits per heavy atom. The van der Waals surface area contributed by atoms with Crippen LogP contribution in [0.2, 0.25) is 0 Å². The maximum atomic E-state index is 13.8. The van der Waals surface area contributed by atoms with Gasteiger partial charge in [0, 0.05) is 29.7 Å². The molecule has 2 aromatic rings. The van der Waals surface area contributed by atoms with Crippen LogP contribution in [-0.4, -0.2) is 15.8 Å². The standard InChI is InChI=1S/C14H17F2N3S/c1-3-12(17)14(9-7-18-19(2)8-9)20-13-6-10(15)4-5-11(13)16/h4-8,12,14H,3,17H2,1-2H3. The molecule has 20 heavy (non-hydrogen) atoms. The van der Waals surface area contributed by atoms with Crippen LogP contribution in [0.1, 0.15) is 24.2 Å². The summed E-state index contributed by atoms with van der Waals surface area (Å²) in [5, 5.41) is 3.95. The fraction of sp³-hybridized carbons (Fsp3) is 0.357. The molecule has 0 aliphatic heterocycles. The first-order chi connectivity index (χ1) is 9.51. The summed E-state index contributed by atoms with van der Waals surface area (Å²) in [5.74, 6) is -0.891. The zero-order chi connectivity index (χ0) is 14.7. The van der Waals surface area contributed by atoms with Gasteiger partial charge in [-0.2, -0.15) is 5.10 Å². The first kappa shape index (κ1) is 15.0. The Kier molecular flexibility index (Phi) is 4.77. The molecule has 0 saturated carbocycles. The second-order valence-electron chi connectivity index (χ2n) is 4.63. The van der Waals surface area contributed by atoms with E-state index in [9.17, 15) is 8.78 Å². The number of aromatic nitrogens is 2. The Morgan fingerprint density at radius 2 is 2.15 bits per heavy atom. The Labute approximate surface area is 121 Å². The molecule has 3 nitrogen and oxygen atoms in total. The van der Waals surface area contributed by atoms with Gasteiger partial charge in [0.2, 0.25) is 0 Å². The summed E-state index contributed by atoms with van der Waals surface area (Å²) in [6, 6.07) is 3.28. The fourth-order valence-electron chi connectivity index (χ4n) is 1.91. The van der Waals surface area contributed by atoms with E-state index in [0.717, 1.165) is 24.1 Å². The molecule has 6 heteroatoms. The average Bonchev–Trinajstić information content (AvgIpc) is 2.85.